The van der Waals surface area contributed by atoms with Crippen molar-refractivity contribution in [3.63, 3.8) is 0 Å². The van der Waals surface area contributed by atoms with E-state index in [1.165, 1.54) is 0 Å². The first-order valence-electron chi connectivity index (χ1n) is 7.17. The van der Waals surface area contributed by atoms with Crippen molar-refractivity contribution in [2.45, 2.75) is 13.0 Å². The average Bonchev–Trinajstić information content (AvgIpc) is 2.91. The maximum absolute atomic E-state index is 12.1. The number of benzene rings is 2. The number of amides is 1. The van der Waals surface area contributed by atoms with Crippen LogP contribution in [0.5, 0.6) is 0 Å². The molecule has 2 aromatic carbocycles. The van der Waals surface area contributed by atoms with E-state index in [9.17, 15) is 4.79 Å². The van der Waals surface area contributed by atoms with Crippen LogP contribution in [0.25, 0.3) is 0 Å². The van der Waals surface area contributed by atoms with E-state index in [1.54, 1.807) is 0 Å². The zero-order valence-electron chi connectivity index (χ0n) is 11.9. The first-order valence-corrected chi connectivity index (χ1v) is 7.17. The summed E-state index contributed by atoms with van der Waals surface area (Å²) in [5.41, 5.74) is 10.1. The number of hydrogen-bond acceptors (Lipinski definition) is 3. The van der Waals surface area contributed by atoms with Gasteiger partial charge in [0.05, 0.1) is 6.54 Å². The Hall–Kier alpha value is -2.49. The number of nitrogens with one attached hydrogen (secondary N) is 1. The number of carbonyl (C=O) groups excluding carboxylic acids is 1. The third-order valence-electron chi connectivity index (χ3n) is 3.83. The molecule has 2 aromatic rings. The Labute approximate surface area is 124 Å². The fraction of sp³-hybridized carbons (Fsp3) is 0.235. The highest BCUT2D eigenvalue weighted by Crippen LogP contribution is 2.31. The van der Waals surface area contributed by atoms with Gasteiger partial charge in [0.15, 0.2) is 0 Å². The van der Waals surface area contributed by atoms with Gasteiger partial charge in [0.2, 0.25) is 5.91 Å². The van der Waals surface area contributed by atoms with E-state index in [2.05, 4.69) is 10.2 Å². The van der Waals surface area contributed by atoms with Crippen LogP contribution in [0.4, 0.5) is 11.4 Å². The molecule has 0 aliphatic carbocycles. The van der Waals surface area contributed by atoms with Crippen LogP contribution in [-0.4, -0.2) is 19.0 Å². The van der Waals surface area contributed by atoms with Gasteiger partial charge < -0.3 is 16.0 Å². The number of carbonyl (C=O) groups is 1. The molecule has 4 heteroatoms. The summed E-state index contributed by atoms with van der Waals surface area (Å²) < 4.78 is 0. The van der Waals surface area contributed by atoms with Gasteiger partial charge in [-0.2, -0.15) is 0 Å². The van der Waals surface area contributed by atoms with Crippen LogP contribution in [0.2, 0.25) is 0 Å². The summed E-state index contributed by atoms with van der Waals surface area (Å²) in [6, 6.07) is 15.8. The smallest absolute Gasteiger partial charge is 0.239 e. The van der Waals surface area contributed by atoms with Crippen LogP contribution < -0.4 is 16.0 Å². The number of fused-ring (bicyclic) bond motifs is 1. The molecule has 3 rings (SSSR count). The second-order valence-corrected chi connectivity index (χ2v) is 5.28. The molecule has 0 aromatic heterocycles. The van der Waals surface area contributed by atoms with Crippen molar-refractivity contribution in [2.75, 3.05) is 23.7 Å². The molecule has 0 spiro atoms. The third kappa shape index (κ3) is 2.99. The molecule has 1 amide bonds. The van der Waals surface area contributed by atoms with Crippen molar-refractivity contribution in [3.8, 4) is 0 Å². The highest BCUT2D eigenvalue weighted by molar-refractivity contribution is 5.83. The minimum Gasteiger partial charge on any atom is -0.398 e. The summed E-state index contributed by atoms with van der Waals surface area (Å²) in [7, 11) is 0. The molecule has 0 radical (unpaired) electrons. The maximum atomic E-state index is 12.1. The lowest BCUT2D eigenvalue weighted by Gasteiger charge is -2.19. The second-order valence-electron chi connectivity index (χ2n) is 5.28. The van der Waals surface area contributed by atoms with Gasteiger partial charge in [-0.15, -0.1) is 0 Å². The Balaban J connectivity index is 1.59. The Morgan fingerprint density at radius 1 is 1.14 bits per heavy atom. The minimum absolute atomic E-state index is 0.0362. The summed E-state index contributed by atoms with van der Waals surface area (Å²) >= 11 is 0. The van der Waals surface area contributed by atoms with E-state index in [-0.39, 0.29) is 5.91 Å². The molecule has 108 valence electrons. The topological polar surface area (TPSA) is 58.4 Å². The van der Waals surface area contributed by atoms with Crippen LogP contribution in [0.3, 0.4) is 0 Å². The largest absolute Gasteiger partial charge is 0.398 e. The molecular weight excluding hydrogens is 262 g/mol. The van der Waals surface area contributed by atoms with Gasteiger partial charge in [0, 0.05) is 30.0 Å². The fourth-order valence-electron chi connectivity index (χ4n) is 2.72. The maximum Gasteiger partial charge on any atom is 0.239 e. The second kappa shape index (κ2) is 5.87. The molecule has 0 saturated heterocycles. The molecule has 3 N–H and O–H groups in total. The van der Waals surface area contributed by atoms with E-state index in [1.807, 2.05) is 48.5 Å². The molecule has 0 saturated carbocycles. The van der Waals surface area contributed by atoms with Gasteiger partial charge in [0.25, 0.3) is 0 Å². The Bertz CT molecular complexity index is 640. The van der Waals surface area contributed by atoms with Gasteiger partial charge >= 0.3 is 0 Å². The zero-order chi connectivity index (χ0) is 14.7. The van der Waals surface area contributed by atoms with Gasteiger partial charge in [-0.3, -0.25) is 4.79 Å². The third-order valence-corrected chi connectivity index (χ3v) is 3.83. The predicted molar refractivity (Wildman–Crippen MR) is 85.1 cm³/mol. The molecular formula is C17H19N3O. The van der Waals surface area contributed by atoms with Crippen molar-refractivity contribution in [1.82, 2.24) is 5.32 Å². The van der Waals surface area contributed by atoms with Gasteiger partial charge in [-0.05, 0) is 24.1 Å². The van der Waals surface area contributed by atoms with Crippen molar-refractivity contribution >= 4 is 17.3 Å². The van der Waals surface area contributed by atoms with E-state index in [4.69, 9.17) is 5.73 Å². The van der Waals surface area contributed by atoms with Crippen molar-refractivity contribution < 1.29 is 4.79 Å². The summed E-state index contributed by atoms with van der Waals surface area (Å²) in [4.78, 5) is 14.2. The lowest BCUT2D eigenvalue weighted by atomic mass is 10.1. The Kier molecular flexibility index (Phi) is 3.77. The zero-order valence-corrected chi connectivity index (χ0v) is 11.9. The first kappa shape index (κ1) is 13.5. The number of nitrogen functional groups attached to an aromatic ring is 1. The van der Waals surface area contributed by atoms with E-state index in [0.29, 0.717) is 13.1 Å². The van der Waals surface area contributed by atoms with Crippen molar-refractivity contribution in [1.29, 1.82) is 0 Å². The molecule has 1 aliphatic heterocycles. The molecule has 0 atom stereocenters. The number of nitrogens with zero attached hydrogens (tertiary/aromatic N) is 1. The highest BCUT2D eigenvalue weighted by Gasteiger charge is 2.22. The normalized spacial score (nSPS) is 13.0. The Morgan fingerprint density at radius 3 is 2.76 bits per heavy atom. The molecule has 0 bridgehead atoms. The summed E-state index contributed by atoms with van der Waals surface area (Å²) in [5.74, 6) is 0.0362. The van der Waals surface area contributed by atoms with Crippen molar-refractivity contribution in [2.24, 2.45) is 0 Å². The van der Waals surface area contributed by atoms with Crippen LogP contribution in [0, 0.1) is 0 Å². The number of rotatable bonds is 4. The molecule has 0 unspecified atom stereocenters. The predicted octanol–water partition coefficient (Wildman–Crippen LogP) is 1.95. The van der Waals surface area contributed by atoms with Crippen LogP contribution in [-0.2, 0) is 17.8 Å². The van der Waals surface area contributed by atoms with E-state index in [0.717, 1.165) is 35.5 Å². The molecule has 21 heavy (non-hydrogen) atoms. The van der Waals surface area contributed by atoms with Crippen LogP contribution in [0.1, 0.15) is 11.1 Å². The molecule has 1 aliphatic rings. The van der Waals surface area contributed by atoms with Crippen LogP contribution >= 0.6 is 0 Å². The molecule has 4 nitrogen and oxygen atoms in total. The van der Waals surface area contributed by atoms with Crippen LogP contribution in [0.15, 0.2) is 48.5 Å². The summed E-state index contributed by atoms with van der Waals surface area (Å²) in [6.07, 6.45) is 0.911. The lowest BCUT2D eigenvalue weighted by Crippen LogP contribution is -2.36. The standard InChI is InChI=1S/C17H19N3O/c18-15-7-4-8-16-14(15)9-10-20(16)12-17(21)19-11-13-5-2-1-3-6-13/h1-8H,9-12,18H2,(H,19,21). The Morgan fingerprint density at radius 2 is 1.95 bits per heavy atom. The first-order chi connectivity index (χ1) is 10.2. The summed E-state index contributed by atoms with van der Waals surface area (Å²) in [6.45, 7) is 1.79. The quantitative estimate of drug-likeness (QED) is 0.842. The minimum atomic E-state index is 0.0362. The SMILES string of the molecule is Nc1cccc2c1CCN2CC(=O)NCc1ccccc1. The lowest BCUT2D eigenvalue weighted by molar-refractivity contribution is -0.119. The van der Waals surface area contributed by atoms with Gasteiger partial charge in [-0.25, -0.2) is 0 Å². The molecule has 1 heterocycles. The van der Waals surface area contributed by atoms with E-state index < -0.39 is 0 Å². The number of hydrogen-bond donors (Lipinski definition) is 2. The number of nitrogens with two attached hydrogens (primary N) is 1. The average molecular weight is 281 g/mol. The monoisotopic (exact) mass is 281 g/mol. The highest BCUT2D eigenvalue weighted by atomic mass is 16.2. The van der Waals surface area contributed by atoms with Gasteiger partial charge in [-0.1, -0.05) is 36.4 Å². The van der Waals surface area contributed by atoms with Gasteiger partial charge in [0.1, 0.15) is 0 Å². The summed E-state index contributed by atoms with van der Waals surface area (Å²) in [5, 5.41) is 2.96. The fourth-order valence-corrected chi connectivity index (χ4v) is 2.72. The molecule has 0 fully saturated rings. The van der Waals surface area contributed by atoms with Crippen molar-refractivity contribution in [3.05, 3.63) is 59.7 Å². The number of anilines is 2. The van der Waals surface area contributed by atoms with E-state index >= 15 is 0 Å².